The average molecular weight is 652 g/mol. The first-order valence-electron chi connectivity index (χ1n) is 15.4. The Bertz CT molecular complexity index is 611. The third kappa shape index (κ3) is 39.2. The second-order valence-electron chi connectivity index (χ2n) is 9.77. The van der Waals surface area contributed by atoms with Crippen LogP contribution >= 0.6 is 0 Å². The Morgan fingerprint density at radius 3 is 1.36 bits per heavy atom. The average Bonchev–Trinajstić information content (AvgIpc) is 2.93. The van der Waals surface area contributed by atoms with Crippen molar-refractivity contribution in [2.45, 2.75) is 156 Å². The van der Waals surface area contributed by atoms with Crippen molar-refractivity contribution in [1.29, 1.82) is 0 Å². The third-order valence-electron chi connectivity index (χ3n) is 5.98. The van der Waals surface area contributed by atoms with Crippen molar-refractivity contribution in [3.63, 3.8) is 0 Å². The summed E-state index contributed by atoms with van der Waals surface area (Å²) in [6, 6.07) is 7.03. The second kappa shape index (κ2) is 39.1. The molecule has 0 fully saturated rings. The molecule has 0 unspecified atom stereocenters. The molecule has 5 heteroatoms. The fraction of sp³-hybridized carbons (Fsp3) is 0.706. The summed E-state index contributed by atoms with van der Waals surface area (Å²) in [6.45, 7) is 15.8. The van der Waals surface area contributed by atoms with E-state index >= 15 is 0 Å². The first-order valence-corrected chi connectivity index (χ1v) is 15.4. The molecular weight excluding hydrogens is 591 g/mol. The third-order valence-corrected chi connectivity index (χ3v) is 5.98. The van der Waals surface area contributed by atoms with E-state index in [1.54, 1.807) is 12.1 Å². The van der Waals surface area contributed by atoms with Crippen LogP contribution in [0.25, 0.3) is 0 Å². The van der Waals surface area contributed by atoms with E-state index in [0.29, 0.717) is 5.56 Å². The van der Waals surface area contributed by atoms with Crippen LogP contribution < -0.4 is 10.2 Å². The maximum Gasteiger partial charge on any atom is 2.00 e. The molecule has 0 aromatic heterocycles. The minimum Gasteiger partial charge on any atom is -0.550 e. The van der Waals surface area contributed by atoms with E-state index in [4.69, 9.17) is 0 Å². The van der Waals surface area contributed by atoms with Crippen molar-refractivity contribution >= 4 is 35.8 Å². The molecule has 0 spiro atoms. The number of carboxylic acid groups (broad SMARTS) is 2. The summed E-state index contributed by atoms with van der Waals surface area (Å²) in [4.78, 5) is 20.8. The predicted octanol–water partition coefficient (Wildman–Crippen LogP) is 8.08. The predicted molar refractivity (Wildman–Crippen MR) is 166 cm³/mol. The van der Waals surface area contributed by atoms with Gasteiger partial charge in [0.25, 0.3) is 0 Å². The molecule has 0 aliphatic heterocycles. The Labute approximate surface area is 260 Å². The van der Waals surface area contributed by atoms with Gasteiger partial charge in [-0.05, 0) is 31.2 Å². The van der Waals surface area contributed by atoms with Gasteiger partial charge in [-0.1, -0.05) is 169 Å². The largest absolute Gasteiger partial charge is 2.00 e. The zero-order valence-electron chi connectivity index (χ0n) is 26.0. The molecule has 0 saturated carbocycles. The number of unbranched alkanes of at least 4 members (excludes halogenated alkanes) is 14. The van der Waals surface area contributed by atoms with Gasteiger partial charge in [-0.2, -0.15) is 0 Å². The van der Waals surface area contributed by atoms with Gasteiger partial charge >= 0.3 is 23.9 Å². The van der Waals surface area contributed by atoms with Crippen molar-refractivity contribution in [3.05, 3.63) is 49.2 Å². The molecule has 4 radical (unpaired) electrons. The number of hydrogen-bond acceptors (Lipinski definition) is 4. The Morgan fingerprint density at radius 2 is 1.00 bits per heavy atom. The minimum absolute atomic E-state index is 0. The number of carbonyl (C=O) groups is 2. The maximum atomic E-state index is 10.7. The molecule has 1 aromatic carbocycles. The van der Waals surface area contributed by atoms with E-state index in [9.17, 15) is 19.8 Å². The number of carboxylic acids is 2. The molecule has 0 N–H and O–H groups in total. The molecule has 39 heavy (non-hydrogen) atoms. The van der Waals surface area contributed by atoms with Crippen molar-refractivity contribution in [3.8, 4) is 0 Å². The number of rotatable bonds is 19. The van der Waals surface area contributed by atoms with Gasteiger partial charge in [0.15, 0.2) is 0 Å². The summed E-state index contributed by atoms with van der Waals surface area (Å²) in [6.07, 6.45) is 22.9. The summed E-state index contributed by atoms with van der Waals surface area (Å²) in [7, 11) is 0. The van der Waals surface area contributed by atoms with Gasteiger partial charge < -0.3 is 19.8 Å². The molecule has 224 valence electrons. The van der Waals surface area contributed by atoms with Crippen LogP contribution in [0.4, 0.5) is 0 Å². The van der Waals surface area contributed by atoms with E-state index in [-0.39, 0.29) is 30.3 Å². The van der Waals surface area contributed by atoms with Crippen LogP contribution in [-0.4, -0.2) is 35.8 Å². The minimum atomic E-state index is -1.08. The number of aromatic carboxylic acids is 1. The standard InChI is InChI=1S/C15H30O2.C11H14O2.2C4H9.Sn/c1-2-3-4-5-6-7-8-9-10-11-12-13-14-15(16)17;1-2-3-6-9-7-4-5-8-10(9)11(12)13;2*1-3-4-2;/h2-14H2,1H3,(H,16,17);4-5,7-8H,2-3,6H2,1H3,(H,12,13);2*1,3-4H2,2H3;/q;;;;+2/p-2. The monoisotopic (exact) mass is 652 g/mol. The zero-order valence-corrected chi connectivity index (χ0v) is 28.9. The molecule has 0 saturated heterocycles. The molecule has 0 atom stereocenters. The molecule has 0 heterocycles. The van der Waals surface area contributed by atoms with Gasteiger partial charge in [-0.25, -0.2) is 0 Å². The number of benzene rings is 1. The van der Waals surface area contributed by atoms with Gasteiger partial charge in [0.2, 0.25) is 0 Å². The van der Waals surface area contributed by atoms with Crippen LogP contribution in [0.5, 0.6) is 0 Å². The first kappa shape index (κ1) is 45.0. The van der Waals surface area contributed by atoms with Crippen molar-refractivity contribution in [1.82, 2.24) is 0 Å². The van der Waals surface area contributed by atoms with Crippen molar-refractivity contribution in [2.75, 3.05) is 0 Å². The molecule has 0 aliphatic carbocycles. The summed E-state index contributed by atoms with van der Waals surface area (Å²) < 4.78 is 0. The summed E-state index contributed by atoms with van der Waals surface area (Å²) in [5, 5.41) is 20.8. The van der Waals surface area contributed by atoms with Crippen molar-refractivity contribution < 1.29 is 19.8 Å². The normalized spacial score (nSPS) is 9.49. The number of aryl methyl sites for hydroxylation is 1. The fourth-order valence-electron chi connectivity index (χ4n) is 3.42. The molecule has 1 rings (SSSR count). The van der Waals surface area contributed by atoms with Gasteiger partial charge in [-0.3, -0.25) is 0 Å². The Balaban J connectivity index is -0.000000245. The van der Waals surface area contributed by atoms with Crippen LogP contribution in [0, 0.1) is 13.8 Å². The smallest absolute Gasteiger partial charge is 0.550 e. The Hall–Kier alpha value is -1.04. The van der Waals surface area contributed by atoms with E-state index in [2.05, 4.69) is 41.5 Å². The number of hydrogen-bond donors (Lipinski definition) is 0. The number of aliphatic carboxylic acids is 1. The first-order chi connectivity index (χ1) is 18.4. The summed E-state index contributed by atoms with van der Waals surface area (Å²) in [5.74, 6) is -1.98. The van der Waals surface area contributed by atoms with Crippen LogP contribution in [-0.2, 0) is 11.2 Å². The maximum absolute atomic E-state index is 10.7. The Kier molecular flexibility index (Phi) is 45.1. The molecule has 1 aromatic rings. The van der Waals surface area contributed by atoms with Crippen LogP contribution in [0.3, 0.4) is 0 Å². The van der Waals surface area contributed by atoms with Gasteiger partial charge in [0.05, 0.1) is 5.97 Å². The fourth-order valence-corrected chi connectivity index (χ4v) is 3.42. The molecular formula is C34H60O4Sn. The quantitative estimate of drug-likeness (QED) is 0.112. The van der Waals surface area contributed by atoms with Crippen LogP contribution in [0.1, 0.15) is 166 Å². The van der Waals surface area contributed by atoms with Crippen LogP contribution in [0.2, 0.25) is 0 Å². The zero-order chi connectivity index (χ0) is 29.3. The Morgan fingerprint density at radius 1 is 0.615 bits per heavy atom. The van der Waals surface area contributed by atoms with Crippen molar-refractivity contribution in [2.24, 2.45) is 0 Å². The second-order valence-corrected chi connectivity index (χ2v) is 9.77. The van der Waals surface area contributed by atoms with E-state index in [0.717, 1.165) is 50.5 Å². The molecule has 0 aliphatic rings. The summed E-state index contributed by atoms with van der Waals surface area (Å²) in [5.41, 5.74) is 1.21. The van der Waals surface area contributed by atoms with Gasteiger partial charge in [0.1, 0.15) is 0 Å². The SMILES string of the molecule is CCCCCCCCCCCCCCC(=O)[O-].CCCCc1ccccc1C(=O)[O-].[CH2]CCC.[CH2]CCC.[Sn+2]. The summed E-state index contributed by atoms with van der Waals surface area (Å²) >= 11 is 0. The van der Waals surface area contributed by atoms with E-state index in [1.807, 2.05) is 12.1 Å². The molecule has 0 amide bonds. The van der Waals surface area contributed by atoms with Gasteiger partial charge in [0, 0.05) is 11.5 Å². The molecule has 0 bridgehead atoms. The van der Waals surface area contributed by atoms with Gasteiger partial charge in [-0.15, -0.1) is 0 Å². The van der Waals surface area contributed by atoms with E-state index in [1.165, 1.54) is 77.0 Å². The number of carbonyl (C=O) groups excluding carboxylic acids is 2. The topological polar surface area (TPSA) is 80.3 Å². The molecule has 4 nitrogen and oxygen atoms in total. The van der Waals surface area contributed by atoms with Crippen LogP contribution in [0.15, 0.2) is 24.3 Å². The van der Waals surface area contributed by atoms with E-state index < -0.39 is 11.9 Å².